The van der Waals surface area contributed by atoms with E-state index in [0.717, 1.165) is 11.3 Å². The van der Waals surface area contributed by atoms with E-state index in [0.29, 0.717) is 16.4 Å². The molecule has 0 saturated carbocycles. The number of carbonyl (C=O) groups excluding carboxylic acids is 1. The van der Waals surface area contributed by atoms with Crippen LogP contribution in [0.1, 0.15) is 24.8 Å². The zero-order valence-electron chi connectivity index (χ0n) is 11.5. The average molecular weight is 288 g/mol. The van der Waals surface area contributed by atoms with Crippen molar-refractivity contribution in [1.29, 1.82) is 5.26 Å². The fourth-order valence-corrected chi connectivity index (χ4v) is 3.12. The number of ether oxygens (including phenoxy) is 1. The van der Waals surface area contributed by atoms with Crippen LogP contribution < -0.4 is 10.1 Å². The number of carbonyl (C=O) groups is 1. The molecular formula is C15H16N2O2S. The number of methoxy groups -OCH3 is 1. The van der Waals surface area contributed by atoms with E-state index in [-0.39, 0.29) is 18.2 Å². The first kappa shape index (κ1) is 14.5. The lowest BCUT2D eigenvalue weighted by atomic mass is 9.86. The molecule has 2 rings (SSSR count). The summed E-state index contributed by atoms with van der Waals surface area (Å²) >= 11 is 1.48. The van der Waals surface area contributed by atoms with Gasteiger partial charge in [0, 0.05) is 17.9 Å². The number of rotatable bonds is 4. The van der Waals surface area contributed by atoms with Crippen molar-refractivity contribution in [2.24, 2.45) is 0 Å². The number of thioether (sulfide) groups is 1. The summed E-state index contributed by atoms with van der Waals surface area (Å²) in [4.78, 5) is 11.9. The van der Waals surface area contributed by atoms with Crippen molar-refractivity contribution in [2.75, 3.05) is 12.9 Å². The lowest BCUT2D eigenvalue weighted by Crippen LogP contribution is -2.31. The smallest absolute Gasteiger partial charge is 0.225 e. The van der Waals surface area contributed by atoms with Crippen molar-refractivity contribution in [2.45, 2.75) is 19.3 Å². The van der Waals surface area contributed by atoms with E-state index < -0.39 is 0 Å². The summed E-state index contributed by atoms with van der Waals surface area (Å²) in [5, 5.41) is 12.9. The van der Waals surface area contributed by atoms with E-state index in [4.69, 9.17) is 4.74 Å². The first-order chi connectivity index (χ1) is 9.71. The minimum absolute atomic E-state index is 0.0594. The lowest BCUT2D eigenvalue weighted by molar-refractivity contribution is -0.120. The Bertz CT molecular complexity index is 590. The van der Waals surface area contributed by atoms with Gasteiger partial charge < -0.3 is 10.1 Å². The van der Waals surface area contributed by atoms with Gasteiger partial charge in [-0.05, 0) is 11.8 Å². The van der Waals surface area contributed by atoms with E-state index in [1.807, 2.05) is 31.2 Å². The molecule has 1 atom stereocenters. The molecule has 104 valence electrons. The number of benzene rings is 1. The van der Waals surface area contributed by atoms with Crippen LogP contribution in [-0.2, 0) is 4.79 Å². The van der Waals surface area contributed by atoms with Crippen LogP contribution in [0.2, 0.25) is 0 Å². The topological polar surface area (TPSA) is 62.1 Å². The molecule has 0 saturated heterocycles. The Morgan fingerprint density at radius 3 is 2.90 bits per heavy atom. The van der Waals surface area contributed by atoms with Gasteiger partial charge in [-0.25, -0.2) is 0 Å². The van der Waals surface area contributed by atoms with Crippen LogP contribution in [0.3, 0.4) is 0 Å². The Labute approximate surface area is 122 Å². The second kappa shape index (κ2) is 6.49. The first-order valence-electron chi connectivity index (χ1n) is 6.41. The Morgan fingerprint density at radius 2 is 2.25 bits per heavy atom. The summed E-state index contributed by atoms with van der Waals surface area (Å²) in [6.45, 7) is 1.99. The predicted molar refractivity (Wildman–Crippen MR) is 79.3 cm³/mol. The van der Waals surface area contributed by atoms with Crippen molar-refractivity contribution < 1.29 is 9.53 Å². The highest BCUT2D eigenvalue weighted by Gasteiger charge is 2.30. The molecule has 1 aromatic rings. The lowest BCUT2D eigenvalue weighted by Gasteiger charge is -2.25. The summed E-state index contributed by atoms with van der Waals surface area (Å²) in [6.07, 6.45) is 0.275. The van der Waals surface area contributed by atoms with Crippen LogP contribution in [0.4, 0.5) is 0 Å². The predicted octanol–water partition coefficient (Wildman–Crippen LogP) is 2.79. The van der Waals surface area contributed by atoms with Gasteiger partial charge in [0.15, 0.2) is 0 Å². The van der Waals surface area contributed by atoms with Gasteiger partial charge in [0.25, 0.3) is 0 Å². The van der Waals surface area contributed by atoms with Gasteiger partial charge in [0.1, 0.15) is 5.75 Å². The minimum Gasteiger partial charge on any atom is -0.496 e. The molecule has 0 aromatic heterocycles. The largest absolute Gasteiger partial charge is 0.496 e. The van der Waals surface area contributed by atoms with Crippen LogP contribution in [0.5, 0.6) is 5.75 Å². The fraction of sp³-hybridized carbons (Fsp3) is 0.333. The Kier molecular flexibility index (Phi) is 4.70. The highest BCUT2D eigenvalue weighted by atomic mass is 32.2. The number of amides is 1. The third-order valence-electron chi connectivity index (χ3n) is 3.16. The van der Waals surface area contributed by atoms with Crippen LogP contribution >= 0.6 is 11.8 Å². The van der Waals surface area contributed by atoms with Crippen molar-refractivity contribution in [3.63, 3.8) is 0 Å². The molecule has 1 aromatic carbocycles. The van der Waals surface area contributed by atoms with E-state index in [2.05, 4.69) is 11.4 Å². The molecular weight excluding hydrogens is 272 g/mol. The van der Waals surface area contributed by atoms with E-state index in [1.165, 1.54) is 11.8 Å². The van der Waals surface area contributed by atoms with Crippen molar-refractivity contribution in [3.05, 3.63) is 40.4 Å². The fourth-order valence-electron chi connectivity index (χ4n) is 2.30. The minimum atomic E-state index is -0.237. The highest BCUT2D eigenvalue weighted by Crippen LogP contribution is 2.39. The number of hydrogen-bond donors (Lipinski definition) is 1. The highest BCUT2D eigenvalue weighted by molar-refractivity contribution is 8.03. The van der Waals surface area contributed by atoms with Crippen LogP contribution in [0, 0.1) is 11.3 Å². The third kappa shape index (κ3) is 2.81. The summed E-state index contributed by atoms with van der Waals surface area (Å²) in [5.41, 5.74) is 1.50. The van der Waals surface area contributed by atoms with Gasteiger partial charge >= 0.3 is 0 Å². The van der Waals surface area contributed by atoms with Gasteiger partial charge in [-0.3, -0.25) is 4.79 Å². The number of nitrogens with one attached hydrogen (secondary N) is 1. The van der Waals surface area contributed by atoms with E-state index >= 15 is 0 Å². The SMILES string of the molecule is CCSC1=C(C#N)[C@H](c2ccccc2OC)CC(=O)N1. The summed E-state index contributed by atoms with van der Waals surface area (Å²) in [6, 6.07) is 9.78. The molecule has 0 radical (unpaired) electrons. The van der Waals surface area contributed by atoms with Gasteiger partial charge in [-0.15, -0.1) is 11.8 Å². The van der Waals surface area contributed by atoms with E-state index in [1.54, 1.807) is 7.11 Å². The molecule has 1 N–H and O–H groups in total. The molecule has 0 aliphatic carbocycles. The van der Waals surface area contributed by atoms with Crippen molar-refractivity contribution in [3.8, 4) is 11.8 Å². The second-order valence-electron chi connectivity index (χ2n) is 4.33. The van der Waals surface area contributed by atoms with Crippen LogP contribution in [0.15, 0.2) is 34.9 Å². The van der Waals surface area contributed by atoms with E-state index in [9.17, 15) is 10.1 Å². The Balaban J connectivity index is 2.50. The van der Waals surface area contributed by atoms with Gasteiger partial charge in [-0.2, -0.15) is 5.26 Å². The summed E-state index contributed by atoms with van der Waals surface area (Å²) < 4.78 is 5.35. The molecule has 1 amide bonds. The van der Waals surface area contributed by atoms with Crippen molar-refractivity contribution >= 4 is 17.7 Å². The number of allylic oxidation sites excluding steroid dienone is 1. The molecule has 5 heteroatoms. The van der Waals surface area contributed by atoms with Crippen LogP contribution in [-0.4, -0.2) is 18.8 Å². The maximum atomic E-state index is 11.9. The molecule has 4 nitrogen and oxygen atoms in total. The zero-order chi connectivity index (χ0) is 14.5. The summed E-state index contributed by atoms with van der Waals surface area (Å²) in [7, 11) is 1.60. The Hall–Kier alpha value is -1.93. The quantitative estimate of drug-likeness (QED) is 0.925. The molecule has 0 bridgehead atoms. The maximum Gasteiger partial charge on any atom is 0.225 e. The number of nitrogens with zero attached hydrogens (tertiary/aromatic N) is 1. The van der Waals surface area contributed by atoms with Gasteiger partial charge in [0.05, 0.1) is 23.8 Å². The number of hydrogen-bond acceptors (Lipinski definition) is 4. The molecule has 0 fully saturated rings. The monoisotopic (exact) mass is 288 g/mol. The third-order valence-corrected chi connectivity index (χ3v) is 4.06. The molecule has 1 heterocycles. The zero-order valence-corrected chi connectivity index (χ0v) is 12.3. The summed E-state index contributed by atoms with van der Waals surface area (Å²) in [5.74, 6) is 1.22. The normalized spacial score (nSPS) is 18.4. The average Bonchev–Trinajstić information content (AvgIpc) is 2.47. The maximum absolute atomic E-state index is 11.9. The van der Waals surface area contributed by atoms with Gasteiger partial charge in [-0.1, -0.05) is 25.1 Å². The van der Waals surface area contributed by atoms with Crippen molar-refractivity contribution in [1.82, 2.24) is 5.32 Å². The molecule has 20 heavy (non-hydrogen) atoms. The molecule has 1 aliphatic heterocycles. The number of nitriles is 1. The molecule has 0 spiro atoms. The second-order valence-corrected chi connectivity index (χ2v) is 5.61. The first-order valence-corrected chi connectivity index (χ1v) is 7.39. The Morgan fingerprint density at radius 1 is 1.50 bits per heavy atom. The molecule has 0 unspecified atom stereocenters. The van der Waals surface area contributed by atoms with Gasteiger partial charge in [0.2, 0.25) is 5.91 Å². The standard InChI is InChI=1S/C15H16N2O2S/c1-3-20-15-12(9-16)11(8-14(18)17-15)10-6-4-5-7-13(10)19-2/h4-7,11H,3,8H2,1-2H3,(H,17,18)/t11-/m0/s1. The number of para-hydroxylation sites is 1. The van der Waals surface area contributed by atoms with Crippen LogP contribution in [0.25, 0.3) is 0 Å². The molecule has 1 aliphatic rings.